The van der Waals surface area contributed by atoms with E-state index in [1.54, 1.807) is 0 Å². The molecule has 0 bridgehead atoms. The van der Waals surface area contributed by atoms with Crippen LogP contribution in [0.2, 0.25) is 0 Å². The Kier molecular flexibility index (Phi) is 26.2. The first kappa shape index (κ1) is 31.0. The van der Waals surface area contributed by atoms with Gasteiger partial charge in [0.25, 0.3) is 0 Å². The quantitative estimate of drug-likeness (QED) is 0.122. The van der Waals surface area contributed by atoms with E-state index < -0.39 is 0 Å². The third-order valence-corrected chi connectivity index (χ3v) is 7.09. The summed E-state index contributed by atoms with van der Waals surface area (Å²) in [5.74, 6) is 0.961. The molecule has 0 N–H and O–H groups in total. The lowest BCUT2D eigenvalue weighted by Gasteiger charge is -2.21. The Morgan fingerprint density at radius 1 is 0.387 bits per heavy atom. The highest BCUT2D eigenvalue weighted by molar-refractivity contribution is 4.59. The van der Waals surface area contributed by atoms with Crippen molar-refractivity contribution in [2.45, 2.75) is 169 Å². The minimum absolute atomic E-state index is 0.961. The standard InChI is InChI=1S/C30H63N/c1-5-8-10-12-17-21-25-30(4)26-22-18-15-14-16-20-24-29-31(27-7-3)28-23-19-13-11-9-6-2/h30H,5-29H2,1-4H3. The Morgan fingerprint density at radius 2 is 0.742 bits per heavy atom. The SMILES string of the molecule is CCCCCCCCC(C)CCCCCCCCCN(CCC)CCCCCCCC. The van der Waals surface area contributed by atoms with Crippen molar-refractivity contribution in [1.29, 1.82) is 0 Å². The molecule has 0 amide bonds. The first-order valence-corrected chi connectivity index (χ1v) is 15.0. The van der Waals surface area contributed by atoms with Gasteiger partial charge < -0.3 is 4.90 Å². The summed E-state index contributed by atoms with van der Waals surface area (Å²) in [5, 5.41) is 0. The van der Waals surface area contributed by atoms with E-state index in [2.05, 4.69) is 32.6 Å². The predicted molar refractivity (Wildman–Crippen MR) is 144 cm³/mol. The lowest BCUT2D eigenvalue weighted by molar-refractivity contribution is 0.260. The lowest BCUT2D eigenvalue weighted by atomic mass is 9.96. The molecule has 0 radical (unpaired) electrons. The van der Waals surface area contributed by atoms with Crippen molar-refractivity contribution in [1.82, 2.24) is 4.90 Å². The average Bonchev–Trinajstić information content (AvgIpc) is 2.77. The van der Waals surface area contributed by atoms with Crippen LogP contribution < -0.4 is 0 Å². The normalized spacial score (nSPS) is 12.7. The summed E-state index contributed by atoms with van der Waals surface area (Å²) in [6, 6.07) is 0. The summed E-state index contributed by atoms with van der Waals surface area (Å²) >= 11 is 0. The summed E-state index contributed by atoms with van der Waals surface area (Å²) in [6.45, 7) is 13.4. The molecule has 0 saturated heterocycles. The molecule has 0 saturated carbocycles. The zero-order chi connectivity index (χ0) is 22.8. The topological polar surface area (TPSA) is 3.24 Å². The molecule has 1 atom stereocenters. The predicted octanol–water partition coefficient (Wildman–Crippen LogP) is 10.6. The first-order valence-electron chi connectivity index (χ1n) is 15.0. The molecule has 1 unspecified atom stereocenters. The molecular formula is C30H63N. The Morgan fingerprint density at radius 3 is 1.13 bits per heavy atom. The molecule has 0 aromatic carbocycles. The van der Waals surface area contributed by atoms with Crippen molar-refractivity contribution in [3.63, 3.8) is 0 Å². The van der Waals surface area contributed by atoms with E-state index in [4.69, 9.17) is 0 Å². The monoisotopic (exact) mass is 437 g/mol. The maximum atomic E-state index is 2.74. The maximum absolute atomic E-state index is 2.74. The fourth-order valence-electron chi connectivity index (χ4n) is 4.90. The van der Waals surface area contributed by atoms with E-state index in [-0.39, 0.29) is 0 Å². The average molecular weight is 438 g/mol. The van der Waals surface area contributed by atoms with E-state index >= 15 is 0 Å². The van der Waals surface area contributed by atoms with Crippen LogP contribution in [-0.4, -0.2) is 24.5 Å². The summed E-state index contributed by atoms with van der Waals surface area (Å²) in [5.41, 5.74) is 0. The molecule has 0 aromatic heterocycles. The lowest BCUT2D eigenvalue weighted by Crippen LogP contribution is -2.27. The van der Waals surface area contributed by atoms with Crippen molar-refractivity contribution >= 4 is 0 Å². The van der Waals surface area contributed by atoms with Crippen molar-refractivity contribution in [3.05, 3.63) is 0 Å². The van der Waals surface area contributed by atoms with Crippen LogP contribution in [0.3, 0.4) is 0 Å². The smallest absolute Gasteiger partial charge is 0.00187 e. The Bertz CT molecular complexity index is 314. The molecule has 0 aromatic rings. The number of unbranched alkanes of at least 4 members (excludes halogenated alkanes) is 16. The molecule has 0 aliphatic heterocycles. The number of hydrogen-bond donors (Lipinski definition) is 0. The van der Waals surface area contributed by atoms with Gasteiger partial charge in [0.2, 0.25) is 0 Å². The van der Waals surface area contributed by atoms with Crippen LogP contribution in [-0.2, 0) is 0 Å². The van der Waals surface area contributed by atoms with E-state index in [9.17, 15) is 0 Å². The number of hydrogen-bond acceptors (Lipinski definition) is 1. The summed E-state index contributed by atoms with van der Waals surface area (Å²) in [4.78, 5) is 2.74. The minimum atomic E-state index is 0.961. The van der Waals surface area contributed by atoms with Gasteiger partial charge in [-0.1, -0.05) is 150 Å². The van der Waals surface area contributed by atoms with Crippen LogP contribution in [0.4, 0.5) is 0 Å². The highest BCUT2D eigenvalue weighted by Crippen LogP contribution is 2.18. The molecule has 0 spiro atoms. The van der Waals surface area contributed by atoms with Crippen molar-refractivity contribution < 1.29 is 0 Å². The van der Waals surface area contributed by atoms with Gasteiger partial charge in [0, 0.05) is 0 Å². The third kappa shape index (κ3) is 24.4. The molecule has 0 aliphatic carbocycles. The number of nitrogens with zero attached hydrogens (tertiary/aromatic N) is 1. The van der Waals surface area contributed by atoms with Gasteiger partial charge >= 0.3 is 0 Å². The van der Waals surface area contributed by atoms with Crippen LogP contribution >= 0.6 is 0 Å². The van der Waals surface area contributed by atoms with Crippen molar-refractivity contribution in [2.75, 3.05) is 19.6 Å². The largest absolute Gasteiger partial charge is 0.303 e. The molecule has 0 heterocycles. The van der Waals surface area contributed by atoms with Gasteiger partial charge in [0.05, 0.1) is 0 Å². The summed E-state index contributed by atoms with van der Waals surface area (Å²) < 4.78 is 0. The van der Waals surface area contributed by atoms with Crippen molar-refractivity contribution in [3.8, 4) is 0 Å². The fraction of sp³-hybridized carbons (Fsp3) is 1.00. The first-order chi connectivity index (χ1) is 15.2. The van der Waals surface area contributed by atoms with Crippen molar-refractivity contribution in [2.24, 2.45) is 5.92 Å². The second-order valence-corrected chi connectivity index (χ2v) is 10.5. The van der Waals surface area contributed by atoms with Crippen LogP contribution in [0, 0.1) is 5.92 Å². The summed E-state index contributed by atoms with van der Waals surface area (Å²) in [6.07, 6.45) is 31.7. The third-order valence-electron chi connectivity index (χ3n) is 7.09. The van der Waals surface area contributed by atoms with Crippen LogP contribution in [0.5, 0.6) is 0 Å². The Hall–Kier alpha value is -0.0400. The molecule has 31 heavy (non-hydrogen) atoms. The molecular weight excluding hydrogens is 374 g/mol. The minimum Gasteiger partial charge on any atom is -0.303 e. The van der Waals surface area contributed by atoms with Crippen LogP contribution in [0.25, 0.3) is 0 Å². The van der Waals surface area contributed by atoms with Gasteiger partial charge in [-0.3, -0.25) is 0 Å². The van der Waals surface area contributed by atoms with E-state index in [0.29, 0.717) is 0 Å². The van der Waals surface area contributed by atoms with Gasteiger partial charge in [-0.25, -0.2) is 0 Å². The Labute approximate surface area is 199 Å². The number of rotatable bonds is 26. The van der Waals surface area contributed by atoms with E-state index in [1.165, 1.54) is 161 Å². The second-order valence-electron chi connectivity index (χ2n) is 10.5. The van der Waals surface area contributed by atoms with Gasteiger partial charge in [0.1, 0.15) is 0 Å². The molecule has 0 fully saturated rings. The molecule has 1 heteroatoms. The van der Waals surface area contributed by atoms with Crippen LogP contribution in [0.1, 0.15) is 169 Å². The van der Waals surface area contributed by atoms with Gasteiger partial charge in [-0.15, -0.1) is 0 Å². The highest BCUT2D eigenvalue weighted by Gasteiger charge is 2.04. The molecule has 0 aliphatic rings. The van der Waals surface area contributed by atoms with E-state index in [1.807, 2.05) is 0 Å². The molecule has 188 valence electrons. The second kappa shape index (κ2) is 26.2. The van der Waals surface area contributed by atoms with Gasteiger partial charge in [-0.05, 0) is 44.8 Å². The highest BCUT2D eigenvalue weighted by atomic mass is 15.1. The molecule has 0 rings (SSSR count). The van der Waals surface area contributed by atoms with Gasteiger partial charge in [0.15, 0.2) is 0 Å². The summed E-state index contributed by atoms with van der Waals surface area (Å²) in [7, 11) is 0. The maximum Gasteiger partial charge on any atom is -0.00187 e. The fourth-order valence-corrected chi connectivity index (χ4v) is 4.90. The zero-order valence-electron chi connectivity index (χ0n) is 22.7. The van der Waals surface area contributed by atoms with Crippen LogP contribution in [0.15, 0.2) is 0 Å². The molecule has 1 nitrogen and oxygen atoms in total. The van der Waals surface area contributed by atoms with Gasteiger partial charge in [-0.2, -0.15) is 0 Å². The Balaban J connectivity index is 3.43. The van der Waals surface area contributed by atoms with E-state index in [0.717, 1.165) is 5.92 Å². The zero-order valence-corrected chi connectivity index (χ0v) is 22.7.